The van der Waals surface area contributed by atoms with Crippen LogP contribution in [0.1, 0.15) is 53.4 Å². The van der Waals surface area contributed by atoms with Crippen molar-refractivity contribution >= 4 is 14.1 Å². The maximum atomic E-state index is 13.0. The summed E-state index contributed by atoms with van der Waals surface area (Å²) in [6.07, 6.45) is 9.31. The third-order valence-corrected chi connectivity index (χ3v) is 13.3. The molecule has 0 heterocycles. The van der Waals surface area contributed by atoms with E-state index in [0.29, 0.717) is 12.3 Å². The average molecular weight is 421 g/mol. The summed E-state index contributed by atoms with van der Waals surface area (Å²) in [4.78, 5) is 13.0. The lowest BCUT2D eigenvalue weighted by molar-refractivity contribution is -0.366. The third kappa shape index (κ3) is 2.99. The lowest BCUT2D eigenvalue weighted by Gasteiger charge is -2.68. The fourth-order valence-corrected chi connectivity index (χ4v) is 7.47. The molecule has 0 aromatic heterocycles. The SMILES string of the molecule is C=CC[C@@]1(C)C(=O)C=C[C@@]23CC[C@@H](CC12)[C@@H](O[Si](C)(C)C(C)(C)C)C3(OC)OC. The Morgan fingerprint density at radius 3 is 2.41 bits per heavy atom. The van der Waals surface area contributed by atoms with Crippen LogP contribution in [-0.2, 0) is 18.7 Å². The van der Waals surface area contributed by atoms with Crippen LogP contribution in [0.15, 0.2) is 24.8 Å². The van der Waals surface area contributed by atoms with E-state index >= 15 is 0 Å². The van der Waals surface area contributed by atoms with E-state index in [4.69, 9.17) is 13.9 Å². The summed E-state index contributed by atoms with van der Waals surface area (Å²) in [5.74, 6) is -0.208. The molecule has 0 amide bonds. The number of ketones is 1. The predicted octanol–water partition coefficient (Wildman–Crippen LogP) is 5.50. The van der Waals surface area contributed by atoms with Crippen LogP contribution in [0.4, 0.5) is 0 Å². The molecule has 0 saturated heterocycles. The van der Waals surface area contributed by atoms with Gasteiger partial charge in [-0.1, -0.05) is 39.8 Å². The topological polar surface area (TPSA) is 44.8 Å². The van der Waals surface area contributed by atoms with Gasteiger partial charge in [0, 0.05) is 25.0 Å². The summed E-state index contributed by atoms with van der Waals surface area (Å²) in [7, 11) is 1.44. The molecule has 3 fully saturated rings. The summed E-state index contributed by atoms with van der Waals surface area (Å²) >= 11 is 0. The zero-order valence-corrected chi connectivity index (χ0v) is 20.6. The number of fused-ring (bicyclic) bond motifs is 2. The van der Waals surface area contributed by atoms with Crippen molar-refractivity contribution in [3.05, 3.63) is 24.8 Å². The molecule has 3 saturated carbocycles. The summed E-state index contributed by atoms with van der Waals surface area (Å²) in [6.45, 7) is 17.4. The minimum Gasteiger partial charge on any atom is -0.408 e. The molecular weight excluding hydrogens is 380 g/mol. The van der Waals surface area contributed by atoms with Crippen molar-refractivity contribution in [1.82, 2.24) is 0 Å². The minimum absolute atomic E-state index is 0.101. The quantitative estimate of drug-likeness (QED) is 0.323. The molecular formula is C24H40O4Si. The second-order valence-corrected chi connectivity index (χ2v) is 15.9. The molecule has 2 bridgehead atoms. The highest BCUT2D eigenvalue weighted by molar-refractivity contribution is 6.74. The van der Waals surface area contributed by atoms with E-state index < -0.39 is 19.5 Å². The molecule has 4 aliphatic rings. The maximum absolute atomic E-state index is 13.0. The molecule has 4 rings (SSSR count). The third-order valence-electron chi connectivity index (χ3n) is 8.81. The van der Waals surface area contributed by atoms with E-state index in [-0.39, 0.29) is 28.3 Å². The molecule has 0 aromatic carbocycles. The van der Waals surface area contributed by atoms with Gasteiger partial charge in [-0.3, -0.25) is 4.79 Å². The van der Waals surface area contributed by atoms with Crippen LogP contribution < -0.4 is 0 Å². The van der Waals surface area contributed by atoms with Gasteiger partial charge in [0.1, 0.15) is 6.10 Å². The van der Waals surface area contributed by atoms with Crippen molar-refractivity contribution in [3.8, 4) is 0 Å². The normalized spacial score (nSPS) is 38.8. The van der Waals surface area contributed by atoms with Crippen molar-refractivity contribution in [2.24, 2.45) is 22.7 Å². The van der Waals surface area contributed by atoms with Crippen LogP contribution in [0, 0.1) is 22.7 Å². The van der Waals surface area contributed by atoms with Gasteiger partial charge in [0.25, 0.3) is 0 Å². The fourth-order valence-electron chi connectivity index (χ4n) is 6.13. The van der Waals surface area contributed by atoms with Gasteiger partial charge in [0.2, 0.25) is 5.79 Å². The van der Waals surface area contributed by atoms with Crippen molar-refractivity contribution < 1.29 is 18.7 Å². The minimum atomic E-state index is -2.04. The first-order valence-electron chi connectivity index (χ1n) is 11.0. The monoisotopic (exact) mass is 420 g/mol. The molecule has 4 nitrogen and oxygen atoms in total. The van der Waals surface area contributed by atoms with E-state index in [1.807, 2.05) is 6.08 Å². The number of carbonyl (C=O) groups is 1. The van der Waals surface area contributed by atoms with Gasteiger partial charge in [-0.2, -0.15) is 0 Å². The smallest absolute Gasteiger partial charge is 0.202 e. The molecule has 29 heavy (non-hydrogen) atoms. The van der Waals surface area contributed by atoms with E-state index in [0.717, 1.165) is 19.3 Å². The molecule has 0 N–H and O–H groups in total. The van der Waals surface area contributed by atoms with Crippen LogP contribution in [0.3, 0.4) is 0 Å². The Morgan fingerprint density at radius 1 is 1.28 bits per heavy atom. The molecule has 5 heteroatoms. The Kier molecular flexibility index (Phi) is 5.65. The summed E-state index contributed by atoms with van der Waals surface area (Å²) in [5, 5.41) is 0.101. The molecule has 4 aliphatic carbocycles. The van der Waals surface area contributed by atoms with Crippen molar-refractivity contribution in [3.63, 3.8) is 0 Å². The zero-order valence-electron chi connectivity index (χ0n) is 19.6. The molecule has 164 valence electrons. The van der Waals surface area contributed by atoms with E-state index in [1.165, 1.54) is 0 Å². The van der Waals surface area contributed by atoms with Crippen LogP contribution in [0.25, 0.3) is 0 Å². The highest BCUT2D eigenvalue weighted by Gasteiger charge is 2.73. The van der Waals surface area contributed by atoms with Crippen molar-refractivity contribution in [2.45, 2.75) is 83.4 Å². The second kappa shape index (κ2) is 7.15. The van der Waals surface area contributed by atoms with Crippen LogP contribution in [0.5, 0.6) is 0 Å². The van der Waals surface area contributed by atoms with Gasteiger partial charge in [0.05, 0.1) is 0 Å². The van der Waals surface area contributed by atoms with Gasteiger partial charge in [0.15, 0.2) is 14.1 Å². The summed E-state index contributed by atoms with van der Waals surface area (Å²) in [5.41, 5.74) is -0.844. The number of rotatable bonds is 6. The number of methoxy groups -OCH3 is 2. The van der Waals surface area contributed by atoms with Crippen molar-refractivity contribution in [1.29, 1.82) is 0 Å². The largest absolute Gasteiger partial charge is 0.408 e. The maximum Gasteiger partial charge on any atom is 0.202 e. The summed E-state index contributed by atoms with van der Waals surface area (Å²) < 4.78 is 19.6. The van der Waals surface area contributed by atoms with Gasteiger partial charge in [-0.05, 0) is 61.7 Å². The molecule has 1 spiro atoms. The Morgan fingerprint density at radius 2 is 1.90 bits per heavy atom. The molecule has 0 radical (unpaired) electrons. The second-order valence-electron chi connectivity index (χ2n) is 11.1. The van der Waals surface area contributed by atoms with Crippen LogP contribution in [-0.4, -0.2) is 40.2 Å². The van der Waals surface area contributed by atoms with Crippen molar-refractivity contribution in [2.75, 3.05) is 14.2 Å². The standard InChI is InChI=1S/C24H40O4Si/c1-10-13-22(5)18-16-17-11-14-23(18,15-12-19(22)25)24(26-6,27-7)20(17)28-29(8,9)21(2,3)4/h10,12,15,17-18,20H,1,11,13-14,16H2,2-9H3/t17-,18?,20+,22+,23-/m0/s1. The first kappa shape index (κ1) is 22.9. The Balaban J connectivity index is 2.14. The van der Waals surface area contributed by atoms with E-state index in [2.05, 4.69) is 53.4 Å². The van der Waals surface area contributed by atoms with E-state index in [1.54, 1.807) is 20.3 Å². The van der Waals surface area contributed by atoms with Gasteiger partial charge in [-0.25, -0.2) is 0 Å². The molecule has 1 unspecified atom stereocenters. The molecule has 0 aromatic rings. The number of hydrogen-bond acceptors (Lipinski definition) is 4. The summed E-state index contributed by atoms with van der Waals surface area (Å²) in [6, 6.07) is 0. The van der Waals surface area contributed by atoms with Crippen LogP contribution >= 0.6 is 0 Å². The number of hydrogen-bond donors (Lipinski definition) is 0. The average Bonchev–Trinajstić information content (AvgIpc) is 2.65. The lowest BCUT2D eigenvalue weighted by Crippen LogP contribution is -2.74. The highest BCUT2D eigenvalue weighted by Crippen LogP contribution is 2.68. The van der Waals surface area contributed by atoms with Gasteiger partial charge in [-0.15, -0.1) is 6.58 Å². The predicted molar refractivity (Wildman–Crippen MR) is 119 cm³/mol. The Labute approximate surface area is 178 Å². The number of allylic oxidation sites excluding steroid dienone is 2. The number of ether oxygens (including phenoxy) is 2. The zero-order chi connectivity index (χ0) is 21.9. The van der Waals surface area contributed by atoms with Crippen LogP contribution in [0.2, 0.25) is 18.1 Å². The van der Waals surface area contributed by atoms with Gasteiger partial charge >= 0.3 is 0 Å². The molecule has 0 aliphatic heterocycles. The number of carbonyl (C=O) groups excluding carboxylic acids is 1. The van der Waals surface area contributed by atoms with E-state index in [9.17, 15) is 4.79 Å². The lowest BCUT2D eigenvalue weighted by atomic mass is 9.42. The first-order chi connectivity index (χ1) is 13.3. The first-order valence-corrected chi connectivity index (χ1v) is 13.9. The fraction of sp³-hybridized carbons (Fsp3) is 0.792. The highest BCUT2D eigenvalue weighted by atomic mass is 28.4. The molecule has 5 atom stereocenters. The van der Waals surface area contributed by atoms with Gasteiger partial charge < -0.3 is 13.9 Å². The Hall–Kier alpha value is -0.753. The Bertz CT molecular complexity index is 702.